The lowest BCUT2D eigenvalue weighted by Gasteiger charge is -2.05. The van der Waals surface area contributed by atoms with Gasteiger partial charge < -0.3 is 9.72 Å². The van der Waals surface area contributed by atoms with Crippen LogP contribution in [-0.2, 0) is 11.2 Å². The molecule has 1 heterocycles. The van der Waals surface area contributed by atoms with Crippen LogP contribution in [0.15, 0.2) is 30.7 Å². The van der Waals surface area contributed by atoms with Gasteiger partial charge in [-0.25, -0.2) is 9.78 Å². The van der Waals surface area contributed by atoms with E-state index in [-0.39, 0.29) is 5.97 Å². The first-order chi connectivity index (χ1) is 9.16. The number of rotatable bonds is 5. The van der Waals surface area contributed by atoms with Crippen molar-refractivity contribution >= 4 is 28.6 Å². The molecule has 1 aromatic carbocycles. The molecule has 100 valence electrons. The number of benzene rings is 1. The van der Waals surface area contributed by atoms with E-state index in [2.05, 4.69) is 32.6 Å². The van der Waals surface area contributed by atoms with Gasteiger partial charge in [0.2, 0.25) is 0 Å². The van der Waals surface area contributed by atoms with Crippen molar-refractivity contribution in [3.05, 3.63) is 51.1 Å². The first-order valence-electron chi connectivity index (χ1n) is 6.07. The lowest BCUT2D eigenvalue weighted by Crippen LogP contribution is -2.07. The quantitative estimate of drug-likeness (QED) is 0.500. The van der Waals surface area contributed by atoms with E-state index >= 15 is 0 Å². The zero-order valence-corrected chi connectivity index (χ0v) is 12.8. The van der Waals surface area contributed by atoms with E-state index in [0.717, 1.165) is 27.7 Å². The Balaban J connectivity index is 1.79. The fourth-order valence-corrected chi connectivity index (χ4v) is 2.17. The van der Waals surface area contributed by atoms with Crippen LogP contribution >= 0.6 is 22.6 Å². The maximum Gasteiger partial charge on any atom is 0.338 e. The topological polar surface area (TPSA) is 55.0 Å². The molecule has 0 aliphatic carbocycles. The molecule has 2 aromatic rings. The van der Waals surface area contributed by atoms with Crippen molar-refractivity contribution < 1.29 is 9.53 Å². The third-order valence-corrected chi connectivity index (χ3v) is 3.95. The zero-order chi connectivity index (χ0) is 13.7. The molecule has 0 saturated heterocycles. The van der Waals surface area contributed by atoms with Gasteiger partial charge in [0, 0.05) is 15.5 Å². The molecule has 0 amide bonds. The number of aromatic amines is 1. The van der Waals surface area contributed by atoms with Crippen LogP contribution in [0.3, 0.4) is 0 Å². The van der Waals surface area contributed by atoms with Gasteiger partial charge in [-0.15, -0.1) is 0 Å². The third kappa shape index (κ3) is 4.05. The monoisotopic (exact) mass is 370 g/mol. The summed E-state index contributed by atoms with van der Waals surface area (Å²) in [6.45, 7) is 2.43. The Morgan fingerprint density at radius 2 is 2.32 bits per heavy atom. The van der Waals surface area contributed by atoms with Crippen LogP contribution in [0.1, 0.15) is 28.0 Å². The van der Waals surface area contributed by atoms with Crippen molar-refractivity contribution in [2.45, 2.75) is 19.8 Å². The molecular formula is C14H15IN2O2. The number of hydrogen-bond acceptors (Lipinski definition) is 3. The standard InChI is InChI=1S/C14H15IN2O2/c1-10-4-5-11(7-13(10)15)14(18)19-6-2-3-12-8-16-9-17-12/h4-5,7-9H,2-3,6H2,1H3,(H,16,17). The molecule has 19 heavy (non-hydrogen) atoms. The third-order valence-electron chi connectivity index (χ3n) is 2.79. The number of nitrogens with one attached hydrogen (secondary N) is 1. The molecule has 0 spiro atoms. The maximum atomic E-state index is 11.8. The molecule has 0 bridgehead atoms. The van der Waals surface area contributed by atoms with Crippen molar-refractivity contribution in [2.75, 3.05) is 6.61 Å². The highest BCUT2D eigenvalue weighted by Crippen LogP contribution is 2.14. The van der Waals surface area contributed by atoms with E-state index in [4.69, 9.17) is 4.74 Å². The Bertz CT molecular complexity index is 553. The lowest BCUT2D eigenvalue weighted by molar-refractivity contribution is 0.0500. The summed E-state index contributed by atoms with van der Waals surface area (Å²) in [5.74, 6) is -0.262. The molecule has 0 aliphatic heterocycles. The number of carbonyl (C=O) groups excluding carboxylic acids is 1. The van der Waals surface area contributed by atoms with E-state index in [1.165, 1.54) is 0 Å². The number of aryl methyl sites for hydroxylation is 2. The number of halogens is 1. The van der Waals surface area contributed by atoms with Gasteiger partial charge in [0.25, 0.3) is 0 Å². The Morgan fingerprint density at radius 3 is 3.00 bits per heavy atom. The number of esters is 1. The van der Waals surface area contributed by atoms with Crippen LogP contribution in [0.5, 0.6) is 0 Å². The Labute approximate surface area is 125 Å². The minimum absolute atomic E-state index is 0.262. The molecule has 0 unspecified atom stereocenters. The van der Waals surface area contributed by atoms with Crippen LogP contribution in [0.25, 0.3) is 0 Å². The van der Waals surface area contributed by atoms with E-state index in [1.54, 1.807) is 18.6 Å². The second kappa shape index (κ2) is 6.70. The first kappa shape index (κ1) is 14.0. The van der Waals surface area contributed by atoms with E-state index in [1.807, 2.05) is 19.1 Å². The molecule has 0 radical (unpaired) electrons. The second-order valence-corrected chi connectivity index (χ2v) is 5.44. The van der Waals surface area contributed by atoms with Gasteiger partial charge in [-0.1, -0.05) is 6.07 Å². The van der Waals surface area contributed by atoms with Gasteiger partial charge in [0.1, 0.15) is 0 Å². The van der Waals surface area contributed by atoms with Crippen molar-refractivity contribution in [3.8, 4) is 0 Å². The number of ether oxygens (including phenoxy) is 1. The predicted octanol–water partition coefficient (Wildman–Crippen LogP) is 3.11. The molecule has 4 nitrogen and oxygen atoms in total. The summed E-state index contributed by atoms with van der Waals surface area (Å²) in [6.07, 6.45) is 5.05. The van der Waals surface area contributed by atoms with Crippen molar-refractivity contribution in [3.63, 3.8) is 0 Å². The first-order valence-corrected chi connectivity index (χ1v) is 7.15. The van der Waals surface area contributed by atoms with E-state index in [0.29, 0.717) is 12.2 Å². The Morgan fingerprint density at radius 1 is 1.47 bits per heavy atom. The number of aromatic nitrogens is 2. The van der Waals surface area contributed by atoms with E-state index in [9.17, 15) is 4.79 Å². The van der Waals surface area contributed by atoms with Crippen LogP contribution in [0, 0.1) is 10.5 Å². The van der Waals surface area contributed by atoms with Crippen molar-refractivity contribution in [1.82, 2.24) is 9.97 Å². The van der Waals surface area contributed by atoms with Gasteiger partial charge in [0.05, 0.1) is 18.5 Å². The van der Waals surface area contributed by atoms with Crippen LogP contribution in [-0.4, -0.2) is 22.5 Å². The van der Waals surface area contributed by atoms with Gasteiger partial charge in [-0.3, -0.25) is 0 Å². The highest BCUT2D eigenvalue weighted by atomic mass is 127. The SMILES string of the molecule is Cc1ccc(C(=O)OCCCc2cnc[nH]2)cc1I. The average Bonchev–Trinajstić information content (AvgIpc) is 2.91. The van der Waals surface area contributed by atoms with E-state index < -0.39 is 0 Å². The summed E-state index contributed by atoms with van der Waals surface area (Å²) in [5.41, 5.74) is 2.83. The van der Waals surface area contributed by atoms with Crippen LogP contribution < -0.4 is 0 Å². The molecule has 5 heteroatoms. The molecule has 2 rings (SSSR count). The summed E-state index contributed by atoms with van der Waals surface area (Å²) < 4.78 is 6.32. The number of nitrogens with zero attached hydrogens (tertiary/aromatic N) is 1. The molecule has 0 saturated carbocycles. The fraction of sp³-hybridized carbons (Fsp3) is 0.286. The van der Waals surface area contributed by atoms with Crippen LogP contribution in [0.2, 0.25) is 0 Å². The number of hydrogen-bond donors (Lipinski definition) is 1. The van der Waals surface area contributed by atoms with Gasteiger partial charge in [-0.05, 0) is 60.1 Å². The molecule has 0 aliphatic rings. The highest BCUT2D eigenvalue weighted by Gasteiger charge is 2.08. The van der Waals surface area contributed by atoms with Crippen molar-refractivity contribution in [1.29, 1.82) is 0 Å². The Hall–Kier alpha value is -1.37. The Kier molecular flexibility index (Phi) is 4.95. The zero-order valence-electron chi connectivity index (χ0n) is 10.6. The van der Waals surface area contributed by atoms with Gasteiger partial charge >= 0.3 is 5.97 Å². The highest BCUT2D eigenvalue weighted by molar-refractivity contribution is 14.1. The normalized spacial score (nSPS) is 10.4. The predicted molar refractivity (Wildman–Crippen MR) is 81.1 cm³/mol. The minimum atomic E-state index is -0.262. The molecule has 0 fully saturated rings. The summed E-state index contributed by atoms with van der Waals surface area (Å²) >= 11 is 2.22. The molecule has 1 N–H and O–H groups in total. The number of H-pyrrole nitrogens is 1. The number of imidazole rings is 1. The minimum Gasteiger partial charge on any atom is -0.462 e. The fourth-order valence-electron chi connectivity index (χ4n) is 1.65. The average molecular weight is 370 g/mol. The molecule has 1 aromatic heterocycles. The van der Waals surface area contributed by atoms with Gasteiger partial charge in [-0.2, -0.15) is 0 Å². The smallest absolute Gasteiger partial charge is 0.338 e. The lowest BCUT2D eigenvalue weighted by atomic mass is 10.1. The largest absolute Gasteiger partial charge is 0.462 e. The molecule has 0 atom stereocenters. The summed E-state index contributed by atoms with van der Waals surface area (Å²) in [5, 5.41) is 0. The summed E-state index contributed by atoms with van der Waals surface area (Å²) in [7, 11) is 0. The molecular weight excluding hydrogens is 355 g/mol. The number of carbonyl (C=O) groups is 1. The van der Waals surface area contributed by atoms with Crippen molar-refractivity contribution in [2.24, 2.45) is 0 Å². The summed E-state index contributed by atoms with van der Waals surface area (Å²) in [6, 6.07) is 5.59. The maximum absolute atomic E-state index is 11.8. The van der Waals surface area contributed by atoms with Gasteiger partial charge in [0.15, 0.2) is 0 Å². The second-order valence-electron chi connectivity index (χ2n) is 4.28. The summed E-state index contributed by atoms with van der Waals surface area (Å²) in [4.78, 5) is 18.8. The van der Waals surface area contributed by atoms with Crippen LogP contribution in [0.4, 0.5) is 0 Å².